The van der Waals surface area contributed by atoms with Crippen molar-refractivity contribution in [1.82, 2.24) is 0 Å². The highest BCUT2D eigenvalue weighted by atomic mass is 35.5. The number of nitrogens with zero attached hydrogens (tertiary/aromatic N) is 1. The number of carbonyl (C=O) groups excluding carboxylic acids is 2. The van der Waals surface area contributed by atoms with Gasteiger partial charge in [0.05, 0.1) is 12.1 Å². The second-order valence-corrected chi connectivity index (χ2v) is 3.36. The van der Waals surface area contributed by atoms with Crippen LogP contribution in [0.2, 0.25) is 5.02 Å². The lowest BCUT2D eigenvalue weighted by Crippen LogP contribution is -2.18. The first-order valence-electron chi connectivity index (χ1n) is 4.48. The number of rotatable bonds is 2. The van der Waals surface area contributed by atoms with Gasteiger partial charge in [0, 0.05) is 12.5 Å². The summed E-state index contributed by atoms with van der Waals surface area (Å²) < 4.78 is 4.54. The fourth-order valence-electron chi connectivity index (χ4n) is 1.12. The number of hydrogen-bond acceptors (Lipinski definition) is 3. The minimum Gasteiger partial charge on any atom is -0.464 e. The predicted molar refractivity (Wildman–Crippen MR) is 60.7 cm³/mol. The number of aliphatic imine (C=N–C) groups is 1. The number of methoxy groups -OCH3 is 1. The number of halogens is 1. The summed E-state index contributed by atoms with van der Waals surface area (Å²) in [5.74, 6) is -1.18. The van der Waals surface area contributed by atoms with Crippen LogP contribution in [0.15, 0.2) is 29.3 Å². The van der Waals surface area contributed by atoms with Gasteiger partial charge in [0.15, 0.2) is 5.71 Å². The van der Waals surface area contributed by atoms with Crippen molar-refractivity contribution in [2.75, 3.05) is 7.11 Å². The van der Waals surface area contributed by atoms with Crippen LogP contribution in [0.25, 0.3) is 0 Å². The lowest BCUT2D eigenvalue weighted by molar-refractivity contribution is -0.133. The van der Waals surface area contributed by atoms with Gasteiger partial charge in [0.25, 0.3) is 0 Å². The van der Waals surface area contributed by atoms with E-state index in [4.69, 9.17) is 11.6 Å². The summed E-state index contributed by atoms with van der Waals surface area (Å²) in [7, 11) is 1.22. The fraction of sp³-hybridized carbons (Fsp3) is 0.182. The van der Waals surface area contributed by atoms with Crippen LogP contribution in [0.4, 0.5) is 0 Å². The average molecular weight is 240 g/mol. The first kappa shape index (κ1) is 12.4. The minimum absolute atomic E-state index is 0.0828. The molecule has 1 aromatic carbocycles. The van der Waals surface area contributed by atoms with E-state index < -0.39 is 11.9 Å². The molecular weight excluding hydrogens is 230 g/mol. The molecule has 1 rings (SSSR count). The zero-order chi connectivity index (χ0) is 12.1. The Labute approximate surface area is 97.9 Å². The van der Waals surface area contributed by atoms with Crippen molar-refractivity contribution in [2.24, 2.45) is 4.99 Å². The van der Waals surface area contributed by atoms with Crippen LogP contribution < -0.4 is 0 Å². The van der Waals surface area contributed by atoms with Gasteiger partial charge in [0.2, 0.25) is 5.91 Å². The van der Waals surface area contributed by atoms with E-state index in [1.807, 2.05) is 0 Å². The molecule has 0 N–H and O–H groups in total. The third kappa shape index (κ3) is 2.90. The predicted octanol–water partition coefficient (Wildman–Crippen LogP) is 1.85. The van der Waals surface area contributed by atoms with Crippen LogP contribution >= 0.6 is 11.6 Å². The van der Waals surface area contributed by atoms with Crippen LogP contribution in [0, 0.1) is 0 Å². The molecule has 0 spiro atoms. The molecule has 16 heavy (non-hydrogen) atoms. The first-order valence-corrected chi connectivity index (χ1v) is 4.86. The zero-order valence-corrected chi connectivity index (χ0v) is 9.62. The van der Waals surface area contributed by atoms with Crippen LogP contribution in [0.5, 0.6) is 0 Å². The molecule has 0 heterocycles. The van der Waals surface area contributed by atoms with Crippen LogP contribution in [0.1, 0.15) is 12.5 Å². The van der Waals surface area contributed by atoms with Crippen molar-refractivity contribution < 1.29 is 14.3 Å². The van der Waals surface area contributed by atoms with Crippen molar-refractivity contribution in [3.63, 3.8) is 0 Å². The van der Waals surface area contributed by atoms with E-state index in [9.17, 15) is 9.59 Å². The topological polar surface area (TPSA) is 55.7 Å². The Kier molecular flexibility index (Phi) is 4.19. The maximum absolute atomic E-state index is 11.4. The molecule has 0 unspecified atom stereocenters. The lowest BCUT2D eigenvalue weighted by Gasteiger charge is -2.05. The molecule has 0 aliphatic heterocycles. The largest absolute Gasteiger partial charge is 0.464 e. The standard InChI is InChI=1S/C11H10ClNO3/c1-7(14)13-10(11(15)16-2)8-5-3-4-6-9(8)12/h3-6H,1-2H3. The Balaban J connectivity index is 3.28. The fourth-order valence-corrected chi connectivity index (χ4v) is 1.35. The van der Waals surface area contributed by atoms with Crippen molar-refractivity contribution >= 4 is 29.2 Å². The summed E-state index contributed by atoms with van der Waals surface area (Å²) >= 11 is 5.90. The highest BCUT2D eigenvalue weighted by Crippen LogP contribution is 2.16. The number of ether oxygens (including phenoxy) is 1. The highest BCUT2D eigenvalue weighted by Gasteiger charge is 2.17. The Morgan fingerprint density at radius 2 is 1.94 bits per heavy atom. The number of hydrogen-bond donors (Lipinski definition) is 0. The van der Waals surface area contributed by atoms with E-state index in [1.165, 1.54) is 14.0 Å². The molecule has 1 aromatic rings. The number of benzene rings is 1. The van der Waals surface area contributed by atoms with Crippen molar-refractivity contribution in [1.29, 1.82) is 0 Å². The SMILES string of the molecule is COC(=O)C(=NC(C)=O)c1ccccc1Cl. The van der Waals surface area contributed by atoms with Gasteiger partial charge in [-0.1, -0.05) is 29.8 Å². The minimum atomic E-state index is -0.691. The Hall–Kier alpha value is -1.68. The van der Waals surface area contributed by atoms with E-state index in [-0.39, 0.29) is 5.71 Å². The molecule has 0 saturated carbocycles. The van der Waals surface area contributed by atoms with Gasteiger partial charge in [-0.3, -0.25) is 4.79 Å². The van der Waals surface area contributed by atoms with E-state index in [0.29, 0.717) is 10.6 Å². The molecule has 0 aromatic heterocycles. The third-order valence-corrected chi connectivity index (χ3v) is 2.11. The molecule has 0 atom stereocenters. The second kappa shape index (κ2) is 5.42. The quantitative estimate of drug-likeness (QED) is 0.585. The van der Waals surface area contributed by atoms with Gasteiger partial charge in [-0.15, -0.1) is 0 Å². The van der Waals surface area contributed by atoms with Gasteiger partial charge in [-0.25, -0.2) is 9.79 Å². The molecule has 1 amide bonds. The Morgan fingerprint density at radius 3 is 2.44 bits per heavy atom. The van der Waals surface area contributed by atoms with E-state index in [2.05, 4.69) is 9.73 Å². The molecule has 0 saturated heterocycles. The van der Waals surface area contributed by atoms with Crippen molar-refractivity contribution in [3.05, 3.63) is 34.9 Å². The number of amides is 1. The molecule has 0 aliphatic rings. The normalized spacial score (nSPS) is 11.1. The van der Waals surface area contributed by atoms with Crippen LogP contribution in [-0.4, -0.2) is 24.7 Å². The summed E-state index contributed by atoms with van der Waals surface area (Å²) in [4.78, 5) is 26.0. The summed E-state index contributed by atoms with van der Waals surface area (Å²) in [6, 6.07) is 6.62. The summed E-state index contributed by atoms with van der Waals surface area (Å²) in [5, 5.41) is 0.341. The zero-order valence-electron chi connectivity index (χ0n) is 8.86. The third-order valence-electron chi connectivity index (χ3n) is 1.78. The van der Waals surface area contributed by atoms with Gasteiger partial charge in [-0.05, 0) is 6.07 Å². The van der Waals surface area contributed by atoms with Gasteiger partial charge >= 0.3 is 5.97 Å². The monoisotopic (exact) mass is 239 g/mol. The van der Waals surface area contributed by atoms with Gasteiger partial charge in [-0.2, -0.15) is 0 Å². The summed E-state index contributed by atoms with van der Waals surface area (Å²) in [6.45, 7) is 1.25. The molecule has 0 bridgehead atoms. The van der Waals surface area contributed by atoms with Crippen LogP contribution in [0.3, 0.4) is 0 Å². The lowest BCUT2D eigenvalue weighted by atomic mass is 10.1. The highest BCUT2D eigenvalue weighted by molar-refractivity contribution is 6.48. The first-order chi connectivity index (χ1) is 7.56. The van der Waals surface area contributed by atoms with Crippen LogP contribution in [-0.2, 0) is 14.3 Å². The maximum Gasteiger partial charge on any atom is 0.357 e. The van der Waals surface area contributed by atoms with Crippen molar-refractivity contribution in [2.45, 2.75) is 6.92 Å². The Morgan fingerprint density at radius 1 is 1.31 bits per heavy atom. The second-order valence-electron chi connectivity index (χ2n) is 2.95. The number of esters is 1. The summed E-state index contributed by atoms with van der Waals surface area (Å²) in [6.07, 6.45) is 0. The average Bonchev–Trinajstić information content (AvgIpc) is 2.26. The van der Waals surface area contributed by atoms with Gasteiger partial charge < -0.3 is 4.74 Å². The molecule has 0 fully saturated rings. The molecule has 5 heteroatoms. The van der Waals surface area contributed by atoms with E-state index >= 15 is 0 Å². The van der Waals surface area contributed by atoms with E-state index in [1.54, 1.807) is 24.3 Å². The smallest absolute Gasteiger partial charge is 0.357 e. The van der Waals surface area contributed by atoms with E-state index in [0.717, 1.165) is 0 Å². The molecule has 0 radical (unpaired) electrons. The Bertz CT molecular complexity index is 454. The number of carbonyl (C=O) groups is 2. The van der Waals surface area contributed by atoms with Crippen molar-refractivity contribution in [3.8, 4) is 0 Å². The van der Waals surface area contributed by atoms with Gasteiger partial charge in [0.1, 0.15) is 0 Å². The molecule has 4 nitrogen and oxygen atoms in total. The molecular formula is C11H10ClNO3. The molecule has 0 aliphatic carbocycles. The summed E-state index contributed by atoms with van der Waals surface area (Å²) in [5.41, 5.74) is 0.298. The maximum atomic E-state index is 11.4. The molecule has 84 valence electrons.